The molecule has 0 saturated carbocycles. The third kappa shape index (κ3) is 2.88. The zero-order valence-corrected chi connectivity index (χ0v) is 10.0. The van der Waals surface area contributed by atoms with Gasteiger partial charge >= 0.3 is 12.1 Å². The summed E-state index contributed by atoms with van der Waals surface area (Å²) in [6, 6.07) is 1.70. The van der Waals surface area contributed by atoms with Gasteiger partial charge in [0.1, 0.15) is 0 Å². The topological polar surface area (TPSA) is 62.5 Å². The average Bonchev–Trinajstić information content (AvgIpc) is 2.38. The number of anilines is 2. The summed E-state index contributed by atoms with van der Waals surface area (Å²) in [5.41, 5.74) is 6.95. The van der Waals surface area contributed by atoms with E-state index in [4.69, 9.17) is 5.73 Å². The first kappa shape index (κ1) is 13.4. The molecule has 8 heteroatoms. The van der Waals surface area contributed by atoms with Gasteiger partial charge in [0, 0.05) is 32.4 Å². The van der Waals surface area contributed by atoms with Crippen molar-refractivity contribution in [2.45, 2.75) is 6.18 Å². The number of pyridine rings is 1. The fraction of sp³-hybridized carbons (Fsp3) is 0.455. The van der Waals surface area contributed by atoms with Crippen LogP contribution in [-0.2, 0) is 4.79 Å². The number of hydrogen-bond acceptors (Lipinski definition) is 4. The quantitative estimate of drug-likeness (QED) is 0.825. The molecule has 0 radical (unpaired) electrons. The predicted molar refractivity (Wildman–Crippen MR) is 63.5 cm³/mol. The minimum absolute atomic E-state index is 0.0279. The highest BCUT2D eigenvalue weighted by molar-refractivity contribution is 5.82. The van der Waals surface area contributed by atoms with E-state index >= 15 is 0 Å². The summed E-state index contributed by atoms with van der Waals surface area (Å²) < 4.78 is 36.9. The van der Waals surface area contributed by atoms with Crippen LogP contribution in [-0.4, -0.2) is 48.1 Å². The highest BCUT2D eigenvalue weighted by Crippen LogP contribution is 2.24. The Morgan fingerprint density at radius 1 is 1.26 bits per heavy atom. The van der Waals surface area contributed by atoms with Crippen LogP contribution in [0, 0.1) is 0 Å². The maximum absolute atomic E-state index is 12.3. The monoisotopic (exact) mass is 274 g/mol. The summed E-state index contributed by atoms with van der Waals surface area (Å²) >= 11 is 0. The number of rotatable bonds is 1. The molecule has 104 valence electrons. The summed E-state index contributed by atoms with van der Waals surface area (Å²) in [6.45, 7) is 0.687. The largest absolute Gasteiger partial charge is 0.471 e. The molecule has 0 unspecified atom stereocenters. The maximum atomic E-state index is 12.3. The first-order valence-corrected chi connectivity index (χ1v) is 5.70. The lowest BCUT2D eigenvalue weighted by Gasteiger charge is -2.36. The number of piperazine rings is 1. The van der Waals surface area contributed by atoms with Crippen molar-refractivity contribution in [1.29, 1.82) is 0 Å². The number of halogens is 3. The Morgan fingerprint density at radius 2 is 1.89 bits per heavy atom. The van der Waals surface area contributed by atoms with Crippen LogP contribution in [0.15, 0.2) is 18.5 Å². The third-order valence-corrected chi connectivity index (χ3v) is 2.98. The first-order valence-electron chi connectivity index (χ1n) is 5.70. The van der Waals surface area contributed by atoms with E-state index in [0.717, 1.165) is 10.6 Å². The number of hydrogen-bond donors (Lipinski definition) is 1. The van der Waals surface area contributed by atoms with Crippen molar-refractivity contribution in [3.05, 3.63) is 18.5 Å². The first-order chi connectivity index (χ1) is 8.89. The number of nitrogens with zero attached hydrogens (tertiary/aromatic N) is 3. The molecule has 1 fully saturated rings. The lowest BCUT2D eigenvalue weighted by atomic mass is 10.2. The van der Waals surface area contributed by atoms with Gasteiger partial charge < -0.3 is 15.5 Å². The third-order valence-electron chi connectivity index (χ3n) is 2.98. The number of aromatic nitrogens is 1. The Kier molecular flexibility index (Phi) is 3.50. The van der Waals surface area contributed by atoms with Crippen LogP contribution in [0.5, 0.6) is 0 Å². The van der Waals surface area contributed by atoms with Crippen molar-refractivity contribution in [2.24, 2.45) is 0 Å². The molecule has 1 aromatic heterocycles. The van der Waals surface area contributed by atoms with E-state index in [2.05, 4.69) is 4.98 Å². The molecule has 1 aliphatic rings. The van der Waals surface area contributed by atoms with Gasteiger partial charge in [-0.05, 0) is 6.07 Å². The SMILES string of the molecule is Nc1cnccc1N1CCN(C(=O)C(F)(F)F)CC1. The van der Waals surface area contributed by atoms with Gasteiger partial charge in [0.05, 0.1) is 17.6 Å². The molecular weight excluding hydrogens is 261 g/mol. The van der Waals surface area contributed by atoms with Crippen LogP contribution in [0.2, 0.25) is 0 Å². The van der Waals surface area contributed by atoms with Crippen molar-refractivity contribution < 1.29 is 18.0 Å². The molecule has 1 saturated heterocycles. The number of nitrogens with two attached hydrogens (primary N) is 1. The predicted octanol–water partition coefficient (Wildman–Crippen LogP) is 0.875. The van der Waals surface area contributed by atoms with E-state index in [-0.39, 0.29) is 13.1 Å². The highest BCUT2D eigenvalue weighted by atomic mass is 19.4. The number of carbonyl (C=O) groups excluding carboxylic acids is 1. The standard InChI is InChI=1S/C11H13F3N4O/c12-11(13,14)10(19)18-5-3-17(4-6-18)9-1-2-16-7-8(9)15/h1-2,7H,3-6,15H2. The molecule has 0 bridgehead atoms. The zero-order chi connectivity index (χ0) is 14.0. The summed E-state index contributed by atoms with van der Waals surface area (Å²) in [5.74, 6) is -1.78. The van der Waals surface area contributed by atoms with Gasteiger partial charge in [0.25, 0.3) is 0 Å². The van der Waals surface area contributed by atoms with Crippen LogP contribution < -0.4 is 10.6 Å². The summed E-state index contributed by atoms with van der Waals surface area (Å²) in [5, 5.41) is 0. The molecular formula is C11H13F3N4O. The van der Waals surface area contributed by atoms with Crippen molar-refractivity contribution >= 4 is 17.3 Å². The number of nitrogen functional groups attached to an aromatic ring is 1. The van der Waals surface area contributed by atoms with E-state index < -0.39 is 12.1 Å². The lowest BCUT2D eigenvalue weighted by molar-refractivity contribution is -0.185. The normalized spacial score (nSPS) is 16.6. The number of alkyl halides is 3. The van der Waals surface area contributed by atoms with E-state index in [9.17, 15) is 18.0 Å². The molecule has 2 N–H and O–H groups in total. The van der Waals surface area contributed by atoms with Crippen LogP contribution >= 0.6 is 0 Å². The van der Waals surface area contributed by atoms with Gasteiger partial charge in [-0.1, -0.05) is 0 Å². The van der Waals surface area contributed by atoms with Gasteiger partial charge in [-0.15, -0.1) is 0 Å². The van der Waals surface area contributed by atoms with E-state index in [0.29, 0.717) is 18.8 Å². The minimum atomic E-state index is -4.81. The second-order valence-corrected chi connectivity index (χ2v) is 4.21. The van der Waals surface area contributed by atoms with Crippen molar-refractivity contribution in [2.75, 3.05) is 36.8 Å². The van der Waals surface area contributed by atoms with Crippen LogP contribution in [0.25, 0.3) is 0 Å². The van der Waals surface area contributed by atoms with Gasteiger partial charge in [0.2, 0.25) is 0 Å². The molecule has 1 aliphatic heterocycles. The van der Waals surface area contributed by atoms with Crippen LogP contribution in [0.4, 0.5) is 24.5 Å². The molecule has 0 spiro atoms. The second kappa shape index (κ2) is 4.94. The Labute approximate surface area is 107 Å². The molecule has 2 heterocycles. The Morgan fingerprint density at radius 3 is 2.42 bits per heavy atom. The minimum Gasteiger partial charge on any atom is -0.396 e. The van der Waals surface area contributed by atoms with Crippen molar-refractivity contribution in [1.82, 2.24) is 9.88 Å². The summed E-state index contributed by atoms with van der Waals surface area (Å²) in [7, 11) is 0. The molecule has 0 aliphatic carbocycles. The van der Waals surface area contributed by atoms with E-state index in [1.54, 1.807) is 12.3 Å². The molecule has 5 nitrogen and oxygen atoms in total. The Hall–Kier alpha value is -1.99. The maximum Gasteiger partial charge on any atom is 0.471 e. The van der Waals surface area contributed by atoms with Crippen LogP contribution in [0.3, 0.4) is 0 Å². The van der Waals surface area contributed by atoms with Crippen LogP contribution in [0.1, 0.15) is 0 Å². The molecule has 1 aromatic rings. The molecule has 0 atom stereocenters. The van der Waals surface area contributed by atoms with Gasteiger partial charge in [0.15, 0.2) is 0 Å². The van der Waals surface area contributed by atoms with Gasteiger partial charge in [-0.2, -0.15) is 13.2 Å². The van der Waals surface area contributed by atoms with Crippen molar-refractivity contribution in [3.8, 4) is 0 Å². The second-order valence-electron chi connectivity index (χ2n) is 4.21. The number of amides is 1. The fourth-order valence-corrected chi connectivity index (χ4v) is 2.02. The summed E-state index contributed by atoms with van der Waals surface area (Å²) in [6.07, 6.45) is -1.75. The molecule has 0 aromatic carbocycles. The zero-order valence-electron chi connectivity index (χ0n) is 10.0. The molecule has 2 rings (SSSR count). The highest BCUT2D eigenvalue weighted by Gasteiger charge is 2.43. The van der Waals surface area contributed by atoms with E-state index in [1.807, 2.05) is 4.90 Å². The van der Waals surface area contributed by atoms with Gasteiger partial charge in [-0.25, -0.2) is 0 Å². The van der Waals surface area contributed by atoms with E-state index in [1.165, 1.54) is 6.20 Å². The lowest BCUT2D eigenvalue weighted by Crippen LogP contribution is -2.52. The Balaban J connectivity index is 2.00. The number of carbonyl (C=O) groups is 1. The average molecular weight is 274 g/mol. The van der Waals surface area contributed by atoms with Crippen molar-refractivity contribution in [3.63, 3.8) is 0 Å². The fourth-order valence-electron chi connectivity index (χ4n) is 2.02. The molecule has 19 heavy (non-hydrogen) atoms. The van der Waals surface area contributed by atoms with Gasteiger partial charge in [-0.3, -0.25) is 9.78 Å². The smallest absolute Gasteiger partial charge is 0.396 e. The summed E-state index contributed by atoms with van der Waals surface area (Å²) in [4.78, 5) is 17.6. The molecule has 1 amide bonds. The Bertz CT molecular complexity index is 469.